The fourth-order valence-electron chi connectivity index (χ4n) is 2.69. The van der Waals surface area contributed by atoms with E-state index in [9.17, 15) is 4.79 Å². The van der Waals surface area contributed by atoms with Crippen LogP contribution in [0.4, 0.5) is 10.5 Å². The van der Waals surface area contributed by atoms with Crippen molar-refractivity contribution in [2.24, 2.45) is 0 Å². The zero-order chi connectivity index (χ0) is 16.8. The SMILES string of the molecule is COc1cc(NC(=O)NCCN2CCCC2)cc(-n2cnnn2)c1. The third kappa shape index (κ3) is 4.19. The largest absolute Gasteiger partial charge is 0.497 e. The molecular formula is C15H21N7O2. The number of benzene rings is 1. The maximum atomic E-state index is 12.1. The summed E-state index contributed by atoms with van der Waals surface area (Å²) in [5.41, 5.74) is 1.31. The van der Waals surface area contributed by atoms with E-state index in [1.165, 1.54) is 23.9 Å². The van der Waals surface area contributed by atoms with Gasteiger partial charge in [-0.25, -0.2) is 9.48 Å². The van der Waals surface area contributed by atoms with E-state index in [1.54, 1.807) is 25.3 Å². The van der Waals surface area contributed by atoms with Crippen LogP contribution in [0.2, 0.25) is 0 Å². The van der Waals surface area contributed by atoms with Gasteiger partial charge in [-0.15, -0.1) is 5.10 Å². The molecule has 2 heterocycles. The smallest absolute Gasteiger partial charge is 0.319 e. The first-order valence-corrected chi connectivity index (χ1v) is 7.94. The van der Waals surface area contributed by atoms with Crippen LogP contribution in [0.15, 0.2) is 24.5 Å². The molecule has 1 aromatic heterocycles. The Kier molecular flexibility index (Phi) is 5.22. The number of ether oxygens (including phenoxy) is 1. The molecule has 0 bridgehead atoms. The van der Waals surface area contributed by atoms with Crippen molar-refractivity contribution >= 4 is 11.7 Å². The number of aromatic nitrogens is 4. The standard InChI is InChI=1S/C15H21N7O2/c1-24-14-9-12(8-13(10-14)22-11-17-19-20-22)18-15(23)16-4-7-21-5-2-3-6-21/h8-11H,2-7H2,1H3,(H2,16,18,23). The van der Waals surface area contributed by atoms with Crippen LogP contribution in [0, 0.1) is 0 Å². The maximum Gasteiger partial charge on any atom is 0.319 e. The van der Waals surface area contributed by atoms with Gasteiger partial charge < -0.3 is 20.3 Å². The Morgan fingerprint density at radius 1 is 1.29 bits per heavy atom. The average Bonchev–Trinajstić information content (AvgIpc) is 3.28. The summed E-state index contributed by atoms with van der Waals surface area (Å²) in [5.74, 6) is 0.607. The highest BCUT2D eigenvalue weighted by Gasteiger charge is 2.11. The molecule has 128 valence electrons. The van der Waals surface area contributed by atoms with Crippen molar-refractivity contribution in [1.29, 1.82) is 0 Å². The van der Waals surface area contributed by atoms with Gasteiger partial charge in [-0.05, 0) is 42.4 Å². The summed E-state index contributed by atoms with van der Waals surface area (Å²) in [4.78, 5) is 14.4. The van der Waals surface area contributed by atoms with Gasteiger partial charge in [0.25, 0.3) is 0 Å². The molecule has 1 aromatic carbocycles. The fourth-order valence-corrected chi connectivity index (χ4v) is 2.69. The number of methoxy groups -OCH3 is 1. The van der Waals surface area contributed by atoms with Gasteiger partial charge in [0.1, 0.15) is 12.1 Å². The van der Waals surface area contributed by atoms with Gasteiger partial charge in [0, 0.05) is 30.9 Å². The number of carbonyl (C=O) groups excluding carboxylic acids is 1. The van der Waals surface area contributed by atoms with E-state index >= 15 is 0 Å². The van der Waals surface area contributed by atoms with Crippen LogP contribution >= 0.6 is 0 Å². The molecule has 2 amide bonds. The number of urea groups is 1. The van der Waals surface area contributed by atoms with Crippen LogP contribution in [0.1, 0.15) is 12.8 Å². The summed E-state index contributed by atoms with van der Waals surface area (Å²) in [7, 11) is 1.57. The normalized spacial score (nSPS) is 14.5. The van der Waals surface area contributed by atoms with Crippen molar-refractivity contribution < 1.29 is 9.53 Å². The zero-order valence-corrected chi connectivity index (χ0v) is 13.6. The number of carbonyl (C=O) groups is 1. The predicted octanol–water partition coefficient (Wildman–Crippen LogP) is 0.888. The number of hydrogen-bond acceptors (Lipinski definition) is 6. The second kappa shape index (κ2) is 7.73. The van der Waals surface area contributed by atoms with Crippen LogP contribution in [0.5, 0.6) is 5.75 Å². The quantitative estimate of drug-likeness (QED) is 0.816. The van der Waals surface area contributed by atoms with E-state index in [1.807, 2.05) is 0 Å². The van der Waals surface area contributed by atoms with Crippen molar-refractivity contribution in [1.82, 2.24) is 30.4 Å². The van der Waals surface area contributed by atoms with Crippen molar-refractivity contribution in [3.63, 3.8) is 0 Å². The second-order valence-corrected chi connectivity index (χ2v) is 5.60. The van der Waals surface area contributed by atoms with Gasteiger partial charge in [0.2, 0.25) is 0 Å². The molecule has 0 spiro atoms. The van der Waals surface area contributed by atoms with Crippen LogP contribution in [0.25, 0.3) is 5.69 Å². The lowest BCUT2D eigenvalue weighted by atomic mass is 10.2. The molecule has 2 aromatic rings. The molecule has 1 aliphatic heterocycles. The molecule has 0 aliphatic carbocycles. The van der Waals surface area contributed by atoms with Gasteiger partial charge in [-0.3, -0.25) is 0 Å². The molecule has 9 heteroatoms. The topological polar surface area (TPSA) is 97.2 Å². The lowest BCUT2D eigenvalue weighted by Crippen LogP contribution is -2.35. The van der Waals surface area contributed by atoms with Crippen LogP contribution in [0.3, 0.4) is 0 Å². The highest BCUT2D eigenvalue weighted by molar-refractivity contribution is 5.89. The van der Waals surface area contributed by atoms with Crippen LogP contribution in [-0.2, 0) is 0 Å². The summed E-state index contributed by atoms with van der Waals surface area (Å²) in [6.45, 7) is 3.74. The number of nitrogens with one attached hydrogen (secondary N) is 2. The van der Waals surface area contributed by atoms with Gasteiger partial charge in [0.05, 0.1) is 12.8 Å². The van der Waals surface area contributed by atoms with E-state index in [2.05, 4.69) is 31.1 Å². The first-order valence-electron chi connectivity index (χ1n) is 7.94. The summed E-state index contributed by atoms with van der Waals surface area (Å²) >= 11 is 0. The van der Waals surface area contributed by atoms with Crippen LogP contribution < -0.4 is 15.4 Å². The van der Waals surface area contributed by atoms with E-state index in [-0.39, 0.29) is 6.03 Å². The van der Waals surface area contributed by atoms with E-state index in [4.69, 9.17) is 4.74 Å². The Balaban J connectivity index is 1.59. The molecule has 3 rings (SSSR count). The average molecular weight is 331 g/mol. The third-order valence-electron chi connectivity index (χ3n) is 3.91. The minimum absolute atomic E-state index is 0.245. The van der Waals surface area contributed by atoms with E-state index < -0.39 is 0 Å². The molecule has 0 radical (unpaired) electrons. The molecule has 0 saturated carbocycles. The Hall–Kier alpha value is -2.68. The van der Waals surface area contributed by atoms with E-state index in [0.29, 0.717) is 23.7 Å². The van der Waals surface area contributed by atoms with Crippen molar-refractivity contribution in [2.75, 3.05) is 38.6 Å². The first kappa shape index (κ1) is 16.2. The summed E-state index contributed by atoms with van der Waals surface area (Å²) < 4.78 is 6.76. The zero-order valence-electron chi connectivity index (χ0n) is 13.6. The number of amides is 2. The Morgan fingerprint density at radius 2 is 2.12 bits per heavy atom. The monoisotopic (exact) mass is 331 g/mol. The van der Waals surface area contributed by atoms with Crippen molar-refractivity contribution in [3.8, 4) is 11.4 Å². The van der Waals surface area contributed by atoms with Gasteiger partial charge in [-0.2, -0.15) is 0 Å². The highest BCUT2D eigenvalue weighted by atomic mass is 16.5. The fraction of sp³-hybridized carbons (Fsp3) is 0.467. The lowest BCUT2D eigenvalue weighted by Gasteiger charge is -2.15. The molecule has 9 nitrogen and oxygen atoms in total. The minimum atomic E-state index is -0.245. The number of rotatable bonds is 6. The number of likely N-dealkylation sites (tertiary alicyclic amines) is 1. The summed E-state index contributed by atoms with van der Waals surface area (Å²) in [5, 5.41) is 16.7. The lowest BCUT2D eigenvalue weighted by molar-refractivity contribution is 0.249. The molecule has 24 heavy (non-hydrogen) atoms. The van der Waals surface area contributed by atoms with Crippen LogP contribution in [-0.4, -0.2) is 64.4 Å². The molecule has 0 atom stereocenters. The molecular weight excluding hydrogens is 310 g/mol. The van der Waals surface area contributed by atoms with Gasteiger partial charge in [0.15, 0.2) is 0 Å². The molecule has 1 saturated heterocycles. The molecule has 1 fully saturated rings. The molecule has 1 aliphatic rings. The van der Waals surface area contributed by atoms with Crippen molar-refractivity contribution in [3.05, 3.63) is 24.5 Å². The summed E-state index contributed by atoms with van der Waals surface area (Å²) in [6.07, 6.45) is 3.97. The van der Waals surface area contributed by atoms with Crippen molar-refractivity contribution in [2.45, 2.75) is 12.8 Å². The minimum Gasteiger partial charge on any atom is -0.497 e. The maximum absolute atomic E-state index is 12.1. The van der Waals surface area contributed by atoms with E-state index in [0.717, 1.165) is 19.6 Å². The number of anilines is 1. The summed E-state index contributed by atoms with van der Waals surface area (Å²) in [6, 6.07) is 5.06. The second-order valence-electron chi connectivity index (χ2n) is 5.60. The number of hydrogen-bond donors (Lipinski definition) is 2. The first-order chi connectivity index (χ1) is 11.7. The predicted molar refractivity (Wildman–Crippen MR) is 88.4 cm³/mol. The van der Waals surface area contributed by atoms with Gasteiger partial charge in [-0.1, -0.05) is 0 Å². The Bertz CT molecular complexity index is 668. The van der Waals surface area contributed by atoms with Gasteiger partial charge >= 0.3 is 6.03 Å². The molecule has 2 N–H and O–H groups in total. The number of nitrogens with zero attached hydrogens (tertiary/aromatic N) is 5. The number of tetrazole rings is 1. The third-order valence-corrected chi connectivity index (χ3v) is 3.91. The Labute approximate surface area is 140 Å². The molecule has 0 unspecified atom stereocenters. The highest BCUT2D eigenvalue weighted by Crippen LogP contribution is 2.22. The Morgan fingerprint density at radius 3 is 2.83 bits per heavy atom.